The Morgan fingerprint density at radius 1 is 1.42 bits per heavy atom. The summed E-state index contributed by atoms with van der Waals surface area (Å²) < 4.78 is 10.6. The second-order valence-corrected chi connectivity index (χ2v) is 5.31. The van der Waals surface area contributed by atoms with Gasteiger partial charge in [0.15, 0.2) is 0 Å². The molecular formula is C15H25NO3. The van der Waals surface area contributed by atoms with E-state index in [1.165, 1.54) is 6.42 Å². The summed E-state index contributed by atoms with van der Waals surface area (Å²) in [5.41, 5.74) is 0. The molecule has 2 aliphatic rings. The fourth-order valence-electron chi connectivity index (χ4n) is 2.86. The normalized spacial score (nSPS) is 26.1. The Morgan fingerprint density at radius 3 is 2.84 bits per heavy atom. The minimum Gasteiger partial charge on any atom is -0.465 e. The minimum absolute atomic E-state index is 0.103. The van der Waals surface area contributed by atoms with Gasteiger partial charge in [-0.15, -0.1) is 0 Å². The third kappa shape index (κ3) is 4.32. The largest absolute Gasteiger partial charge is 0.465 e. The average molecular weight is 267 g/mol. The zero-order valence-electron chi connectivity index (χ0n) is 11.8. The van der Waals surface area contributed by atoms with E-state index in [9.17, 15) is 4.79 Å². The summed E-state index contributed by atoms with van der Waals surface area (Å²) in [5.74, 6) is 0.233. The standard InChI is InChI=1S/C15H25NO3/c1-2-19-15(17)14(12-8-10-18-11-9-12)16-13-6-4-3-5-7-13/h4,6,12-14,16H,2-3,5,7-11H2,1H3/t13-,14+/m1/s1. The van der Waals surface area contributed by atoms with Gasteiger partial charge in [-0.3, -0.25) is 10.1 Å². The van der Waals surface area contributed by atoms with Crippen LogP contribution in [-0.2, 0) is 14.3 Å². The summed E-state index contributed by atoms with van der Waals surface area (Å²) in [5, 5.41) is 3.49. The number of ether oxygens (including phenoxy) is 2. The van der Waals surface area contributed by atoms with Crippen LogP contribution in [0.4, 0.5) is 0 Å². The van der Waals surface area contributed by atoms with Crippen molar-refractivity contribution in [2.24, 2.45) is 5.92 Å². The maximum atomic E-state index is 12.2. The van der Waals surface area contributed by atoms with Gasteiger partial charge in [0, 0.05) is 19.3 Å². The van der Waals surface area contributed by atoms with Gasteiger partial charge in [0.2, 0.25) is 0 Å². The molecule has 2 rings (SSSR count). The van der Waals surface area contributed by atoms with E-state index in [-0.39, 0.29) is 12.0 Å². The molecule has 0 spiro atoms. The highest BCUT2D eigenvalue weighted by molar-refractivity contribution is 5.76. The molecule has 0 aromatic carbocycles. The van der Waals surface area contributed by atoms with Crippen LogP contribution in [0.2, 0.25) is 0 Å². The molecule has 1 N–H and O–H groups in total. The smallest absolute Gasteiger partial charge is 0.323 e. The molecule has 2 atom stereocenters. The Kier molecular flexibility index (Phi) is 5.86. The van der Waals surface area contributed by atoms with Gasteiger partial charge in [-0.1, -0.05) is 12.2 Å². The number of rotatable bonds is 5. The fraction of sp³-hybridized carbons (Fsp3) is 0.800. The SMILES string of the molecule is CCOC(=O)[C@@H](N[C@@H]1C=CCCC1)C1CCOCC1. The van der Waals surface area contributed by atoms with Crippen molar-refractivity contribution in [1.82, 2.24) is 5.32 Å². The maximum Gasteiger partial charge on any atom is 0.323 e. The molecule has 1 fully saturated rings. The Bertz CT molecular complexity index is 311. The lowest BCUT2D eigenvalue weighted by Crippen LogP contribution is -2.49. The van der Waals surface area contributed by atoms with Crippen molar-refractivity contribution in [3.05, 3.63) is 12.2 Å². The molecule has 0 aromatic rings. The molecule has 0 unspecified atom stereocenters. The van der Waals surface area contributed by atoms with Crippen LogP contribution in [0.15, 0.2) is 12.2 Å². The number of carbonyl (C=O) groups is 1. The van der Waals surface area contributed by atoms with Gasteiger partial charge in [0.05, 0.1) is 6.61 Å². The molecule has 1 aliphatic heterocycles. The van der Waals surface area contributed by atoms with Crippen LogP contribution < -0.4 is 5.32 Å². The van der Waals surface area contributed by atoms with Crippen molar-refractivity contribution in [2.75, 3.05) is 19.8 Å². The predicted octanol–water partition coefficient (Wildman–Crippen LogP) is 2.04. The highest BCUT2D eigenvalue weighted by atomic mass is 16.5. The molecule has 4 nitrogen and oxygen atoms in total. The van der Waals surface area contributed by atoms with E-state index >= 15 is 0 Å². The average Bonchev–Trinajstić information content (AvgIpc) is 2.47. The fourth-order valence-corrected chi connectivity index (χ4v) is 2.86. The summed E-state index contributed by atoms with van der Waals surface area (Å²) in [7, 11) is 0. The van der Waals surface area contributed by atoms with Gasteiger partial charge in [0.25, 0.3) is 0 Å². The molecule has 4 heteroatoms. The van der Waals surface area contributed by atoms with Gasteiger partial charge in [-0.05, 0) is 44.9 Å². The molecule has 0 amide bonds. The van der Waals surface area contributed by atoms with Gasteiger partial charge < -0.3 is 9.47 Å². The minimum atomic E-state index is -0.184. The van der Waals surface area contributed by atoms with Crippen molar-refractivity contribution < 1.29 is 14.3 Å². The van der Waals surface area contributed by atoms with Crippen LogP contribution in [0, 0.1) is 5.92 Å². The highest BCUT2D eigenvalue weighted by Gasteiger charge is 2.32. The van der Waals surface area contributed by atoms with Crippen LogP contribution in [0.1, 0.15) is 39.0 Å². The second kappa shape index (κ2) is 7.65. The molecule has 1 heterocycles. The maximum absolute atomic E-state index is 12.2. The molecule has 0 bridgehead atoms. The van der Waals surface area contributed by atoms with E-state index in [2.05, 4.69) is 17.5 Å². The van der Waals surface area contributed by atoms with Crippen LogP contribution in [0.5, 0.6) is 0 Å². The van der Waals surface area contributed by atoms with E-state index in [1.54, 1.807) is 0 Å². The number of carbonyl (C=O) groups excluding carboxylic acids is 1. The Balaban J connectivity index is 1.97. The lowest BCUT2D eigenvalue weighted by atomic mass is 9.90. The lowest BCUT2D eigenvalue weighted by molar-refractivity contribution is -0.148. The monoisotopic (exact) mass is 267 g/mol. The summed E-state index contributed by atoms with van der Waals surface area (Å²) in [6, 6.07) is 0.127. The van der Waals surface area contributed by atoms with Crippen LogP contribution in [-0.4, -0.2) is 37.9 Å². The van der Waals surface area contributed by atoms with Gasteiger partial charge in [-0.2, -0.15) is 0 Å². The molecule has 108 valence electrons. The second-order valence-electron chi connectivity index (χ2n) is 5.31. The molecule has 1 saturated heterocycles. The van der Waals surface area contributed by atoms with E-state index in [1.807, 2.05) is 6.92 Å². The van der Waals surface area contributed by atoms with Crippen molar-refractivity contribution in [3.8, 4) is 0 Å². The Hall–Kier alpha value is -0.870. The summed E-state index contributed by atoms with van der Waals surface area (Å²) >= 11 is 0. The number of hydrogen-bond donors (Lipinski definition) is 1. The summed E-state index contributed by atoms with van der Waals surface area (Å²) in [6.45, 7) is 3.81. The quantitative estimate of drug-likeness (QED) is 0.612. The molecule has 0 saturated carbocycles. The molecule has 0 aromatic heterocycles. The zero-order chi connectivity index (χ0) is 13.5. The third-order valence-corrected chi connectivity index (χ3v) is 3.93. The Morgan fingerprint density at radius 2 is 2.21 bits per heavy atom. The first-order chi connectivity index (χ1) is 9.31. The van der Waals surface area contributed by atoms with Gasteiger partial charge >= 0.3 is 5.97 Å². The van der Waals surface area contributed by atoms with Gasteiger partial charge in [-0.25, -0.2) is 0 Å². The van der Waals surface area contributed by atoms with Crippen molar-refractivity contribution in [3.63, 3.8) is 0 Å². The van der Waals surface area contributed by atoms with Crippen molar-refractivity contribution in [2.45, 2.75) is 51.1 Å². The summed E-state index contributed by atoms with van der Waals surface area (Å²) in [6.07, 6.45) is 9.72. The topological polar surface area (TPSA) is 47.6 Å². The van der Waals surface area contributed by atoms with Crippen molar-refractivity contribution >= 4 is 5.97 Å². The predicted molar refractivity (Wildman–Crippen MR) is 73.9 cm³/mol. The molecule has 1 aliphatic carbocycles. The number of esters is 1. The van der Waals surface area contributed by atoms with E-state index in [0.29, 0.717) is 18.6 Å². The van der Waals surface area contributed by atoms with Gasteiger partial charge in [0.1, 0.15) is 6.04 Å². The third-order valence-electron chi connectivity index (χ3n) is 3.93. The summed E-state index contributed by atoms with van der Waals surface area (Å²) in [4.78, 5) is 12.2. The first kappa shape index (κ1) is 14.5. The van der Waals surface area contributed by atoms with Crippen LogP contribution >= 0.6 is 0 Å². The van der Waals surface area contributed by atoms with Crippen LogP contribution in [0.25, 0.3) is 0 Å². The number of hydrogen-bond acceptors (Lipinski definition) is 4. The molecule has 19 heavy (non-hydrogen) atoms. The zero-order valence-corrected chi connectivity index (χ0v) is 11.8. The first-order valence-electron chi connectivity index (χ1n) is 7.48. The number of allylic oxidation sites excluding steroid dienone is 1. The van der Waals surface area contributed by atoms with E-state index in [4.69, 9.17) is 9.47 Å². The lowest BCUT2D eigenvalue weighted by Gasteiger charge is -2.32. The van der Waals surface area contributed by atoms with E-state index < -0.39 is 0 Å². The molecule has 0 radical (unpaired) electrons. The van der Waals surface area contributed by atoms with E-state index in [0.717, 1.165) is 38.9 Å². The Labute approximate surface area is 115 Å². The van der Waals surface area contributed by atoms with Crippen molar-refractivity contribution in [1.29, 1.82) is 0 Å². The van der Waals surface area contributed by atoms with Crippen LogP contribution in [0.3, 0.4) is 0 Å². The highest BCUT2D eigenvalue weighted by Crippen LogP contribution is 2.22. The first-order valence-corrected chi connectivity index (χ1v) is 7.48. The molecular weight excluding hydrogens is 242 g/mol. The number of nitrogens with one attached hydrogen (secondary N) is 1.